The van der Waals surface area contributed by atoms with Gasteiger partial charge in [0.1, 0.15) is 4.90 Å². The molecule has 0 aromatic heterocycles. The fourth-order valence-electron chi connectivity index (χ4n) is 2.46. The Bertz CT molecular complexity index is 624. The van der Waals surface area contributed by atoms with Crippen molar-refractivity contribution in [2.24, 2.45) is 0 Å². The minimum atomic E-state index is -4.35. The highest BCUT2D eigenvalue weighted by Crippen LogP contribution is 2.22. The SMILES string of the molecule is Nc1cc(NC(=O)NC2CCCCC2)ccc1S(=O)(=O)O. The first-order chi connectivity index (χ1) is 9.86. The van der Waals surface area contributed by atoms with Crippen molar-refractivity contribution in [1.29, 1.82) is 0 Å². The van der Waals surface area contributed by atoms with Crippen LogP contribution >= 0.6 is 0 Å². The summed E-state index contributed by atoms with van der Waals surface area (Å²) in [5, 5.41) is 5.48. The molecule has 1 fully saturated rings. The fourth-order valence-corrected chi connectivity index (χ4v) is 3.06. The molecular weight excluding hydrogens is 294 g/mol. The molecule has 0 bridgehead atoms. The van der Waals surface area contributed by atoms with Crippen LogP contribution < -0.4 is 16.4 Å². The van der Waals surface area contributed by atoms with Crippen LogP contribution in [-0.2, 0) is 10.1 Å². The molecule has 1 saturated carbocycles. The van der Waals surface area contributed by atoms with Gasteiger partial charge in [-0.25, -0.2) is 4.79 Å². The first kappa shape index (κ1) is 15.6. The molecule has 5 N–H and O–H groups in total. The minimum absolute atomic E-state index is 0.118. The largest absolute Gasteiger partial charge is 0.398 e. The molecule has 0 aliphatic heterocycles. The number of nitrogens with one attached hydrogen (secondary N) is 2. The molecule has 2 amide bonds. The summed E-state index contributed by atoms with van der Waals surface area (Å²) in [5.74, 6) is 0. The molecule has 2 rings (SSSR count). The summed E-state index contributed by atoms with van der Waals surface area (Å²) in [6.07, 6.45) is 5.36. The van der Waals surface area contributed by atoms with E-state index in [9.17, 15) is 13.2 Å². The number of carbonyl (C=O) groups is 1. The monoisotopic (exact) mass is 313 g/mol. The van der Waals surface area contributed by atoms with Crippen molar-refractivity contribution >= 4 is 27.5 Å². The third-order valence-electron chi connectivity index (χ3n) is 3.49. The van der Waals surface area contributed by atoms with E-state index in [0.29, 0.717) is 5.69 Å². The number of benzene rings is 1. The van der Waals surface area contributed by atoms with E-state index in [1.54, 1.807) is 0 Å². The predicted octanol–water partition coefficient (Wildman–Crippen LogP) is 1.97. The van der Waals surface area contributed by atoms with Crippen molar-refractivity contribution in [3.05, 3.63) is 18.2 Å². The summed E-state index contributed by atoms with van der Waals surface area (Å²) in [6.45, 7) is 0. The highest BCUT2D eigenvalue weighted by atomic mass is 32.2. The van der Waals surface area contributed by atoms with Gasteiger partial charge in [0, 0.05) is 11.7 Å². The van der Waals surface area contributed by atoms with E-state index in [0.717, 1.165) is 31.7 Å². The average Bonchev–Trinajstić information content (AvgIpc) is 2.38. The normalized spacial score (nSPS) is 16.4. The standard InChI is InChI=1S/C13H19N3O4S/c14-11-8-10(6-7-12(11)21(18,19)20)16-13(17)15-9-4-2-1-3-5-9/h6-9H,1-5,14H2,(H2,15,16,17)(H,18,19,20). The maximum Gasteiger partial charge on any atom is 0.319 e. The number of amides is 2. The van der Waals surface area contributed by atoms with E-state index in [1.807, 2.05) is 0 Å². The topological polar surface area (TPSA) is 122 Å². The van der Waals surface area contributed by atoms with Crippen LogP contribution in [0.5, 0.6) is 0 Å². The van der Waals surface area contributed by atoms with E-state index < -0.39 is 10.1 Å². The molecule has 0 spiro atoms. The van der Waals surface area contributed by atoms with Crippen LogP contribution in [0.3, 0.4) is 0 Å². The number of urea groups is 1. The average molecular weight is 313 g/mol. The van der Waals surface area contributed by atoms with Gasteiger partial charge >= 0.3 is 6.03 Å². The van der Waals surface area contributed by atoms with Crippen LogP contribution in [0, 0.1) is 0 Å². The van der Waals surface area contributed by atoms with Gasteiger partial charge in [-0.3, -0.25) is 4.55 Å². The van der Waals surface area contributed by atoms with E-state index in [1.165, 1.54) is 18.6 Å². The predicted molar refractivity (Wildman–Crippen MR) is 79.7 cm³/mol. The Kier molecular flexibility index (Phi) is 4.69. The van der Waals surface area contributed by atoms with Crippen LogP contribution in [0.2, 0.25) is 0 Å². The second-order valence-electron chi connectivity index (χ2n) is 5.16. The van der Waals surface area contributed by atoms with Gasteiger partial charge in [-0.2, -0.15) is 8.42 Å². The van der Waals surface area contributed by atoms with Crippen molar-refractivity contribution in [3.8, 4) is 0 Å². The quantitative estimate of drug-likeness (QED) is 0.502. The third-order valence-corrected chi connectivity index (χ3v) is 4.41. The second-order valence-corrected chi connectivity index (χ2v) is 6.55. The van der Waals surface area contributed by atoms with E-state index in [-0.39, 0.29) is 22.7 Å². The molecule has 21 heavy (non-hydrogen) atoms. The number of nitrogen functional groups attached to an aromatic ring is 1. The van der Waals surface area contributed by atoms with Gasteiger partial charge in [0.05, 0.1) is 5.69 Å². The lowest BCUT2D eigenvalue weighted by atomic mass is 9.96. The van der Waals surface area contributed by atoms with Crippen LogP contribution in [0.25, 0.3) is 0 Å². The molecule has 0 saturated heterocycles. The van der Waals surface area contributed by atoms with Gasteiger partial charge in [0.25, 0.3) is 10.1 Å². The summed E-state index contributed by atoms with van der Waals surface area (Å²) >= 11 is 0. The van der Waals surface area contributed by atoms with Crippen molar-refractivity contribution in [3.63, 3.8) is 0 Å². The molecule has 8 heteroatoms. The first-order valence-corrected chi connectivity index (χ1v) is 8.25. The summed E-state index contributed by atoms with van der Waals surface area (Å²) in [6, 6.07) is 3.65. The van der Waals surface area contributed by atoms with E-state index >= 15 is 0 Å². The van der Waals surface area contributed by atoms with Gasteiger partial charge < -0.3 is 16.4 Å². The van der Waals surface area contributed by atoms with Crippen LogP contribution in [0.4, 0.5) is 16.2 Å². The molecule has 1 aliphatic rings. The van der Waals surface area contributed by atoms with Crippen molar-refractivity contribution < 1.29 is 17.8 Å². The summed E-state index contributed by atoms with van der Waals surface area (Å²) in [5.41, 5.74) is 5.81. The highest BCUT2D eigenvalue weighted by molar-refractivity contribution is 7.86. The second kappa shape index (κ2) is 6.31. The summed E-state index contributed by atoms with van der Waals surface area (Å²) < 4.78 is 31.0. The molecule has 0 unspecified atom stereocenters. The van der Waals surface area contributed by atoms with Crippen molar-refractivity contribution in [1.82, 2.24) is 5.32 Å². The molecule has 1 aromatic rings. The third kappa shape index (κ3) is 4.33. The zero-order valence-corrected chi connectivity index (χ0v) is 12.3. The molecule has 7 nitrogen and oxygen atoms in total. The lowest BCUT2D eigenvalue weighted by molar-refractivity contribution is 0.244. The Labute approximate surface area is 123 Å². The minimum Gasteiger partial charge on any atom is -0.398 e. The zero-order chi connectivity index (χ0) is 15.5. The van der Waals surface area contributed by atoms with Gasteiger partial charge in [-0.15, -0.1) is 0 Å². The Morgan fingerprint density at radius 3 is 2.48 bits per heavy atom. The Morgan fingerprint density at radius 2 is 1.90 bits per heavy atom. The fraction of sp³-hybridized carbons (Fsp3) is 0.462. The molecule has 0 heterocycles. The van der Waals surface area contributed by atoms with Crippen molar-refractivity contribution in [2.45, 2.75) is 43.0 Å². The Hall–Kier alpha value is -1.80. The molecule has 1 aliphatic carbocycles. The zero-order valence-electron chi connectivity index (χ0n) is 11.5. The molecule has 116 valence electrons. The van der Waals surface area contributed by atoms with Gasteiger partial charge in [0.2, 0.25) is 0 Å². The van der Waals surface area contributed by atoms with E-state index in [2.05, 4.69) is 10.6 Å². The molecular formula is C13H19N3O4S. The number of carbonyl (C=O) groups excluding carboxylic acids is 1. The Morgan fingerprint density at radius 1 is 1.24 bits per heavy atom. The van der Waals surface area contributed by atoms with Crippen LogP contribution in [0.15, 0.2) is 23.1 Å². The van der Waals surface area contributed by atoms with Gasteiger partial charge in [-0.05, 0) is 31.0 Å². The maximum absolute atomic E-state index is 11.8. The van der Waals surface area contributed by atoms with Crippen LogP contribution in [0.1, 0.15) is 32.1 Å². The number of anilines is 2. The highest BCUT2D eigenvalue weighted by Gasteiger charge is 2.17. The first-order valence-electron chi connectivity index (χ1n) is 6.81. The Balaban J connectivity index is 1.99. The molecule has 0 atom stereocenters. The molecule has 1 aromatic carbocycles. The smallest absolute Gasteiger partial charge is 0.319 e. The van der Waals surface area contributed by atoms with Crippen molar-refractivity contribution in [2.75, 3.05) is 11.1 Å². The number of rotatable bonds is 3. The number of hydrogen-bond donors (Lipinski definition) is 4. The van der Waals surface area contributed by atoms with E-state index in [4.69, 9.17) is 10.3 Å². The number of nitrogens with two attached hydrogens (primary N) is 1. The summed E-state index contributed by atoms with van der Waals surface area (Å²) in [7, 11) is -4.35. The maximum atomic E-state index is 11.8. The summed E-state index contributed by atoms with van der Waals surface area (Å²) in [4.78, 5) is 11.5. The lowest BCUT2D eigenvalue weighted by Gasteiger charge is -2.22. The molecule has 0 radical (unpaired) electrons. The van der Waals surface area contributed by atoms with Gasteiger partial charge in [0.15, 0.2) is 0 Å². The van der Waals surface area contributed by atoms with Gasteiger partial charge in [-0.1, -0.05) is 19.3 Å². The van der Waals surface area contributed by atoms with Crippen LogP contribution in [-0.4, -0.2) is 25.0 Å². The lowest BCUT2D eigenvalue weighted by Crippen LogP contribution is -2.39. The number of hydrogen-bond acceptors (Lipinski definition) is 4.